The highest BCUT2D eigenvalue weighted by Gasteiger charge is 2.10. The van der Waals surface area contributed by atoms with Gasteiger partial charge in [-0.1, -0.05) is 6.92 Å². The SMILES string of the molecule is CCCNC(Cc1ccc(Br)cn1)CN(C)C. The lowest BCUT2D eigenvalue weighted by atomic mass is 10.1. The lowest BCUT2D eigenvalue weighted by molar-refractivity contribution is 0.335. The second-order valence-corrected chi connectivity index (χ2v) is 5.50. The molecule has 1 unspecified atom stereocenters. The Kier molecular flexibility index (Phi) is 6.70. The summed E-state index contributed by atoms with van der Waals surface area (Å²) in [6.07, 6.45) is 4.00. The van der Waals surface area contributed by atoms with Gasteiger partial charge in [-0.3, -0.25) is 4.98 Å². The van der Waals surface area contributed by atoms with Crippen LogP contribution >= 0.6 is 15.9 Å². The fourth-order valence-electron chi connectivity index (χ4n) is 1.77. The number of pyridine rings is 1. The molecule has 1 heterocycles. The molecule has 0 aliphatic rings. The highest BCUT2D eigenvalue weighted by molar-refractivity contribution is 9.10. The van der Waals surface area contributed by atoms with Gasteiger partial charge in [0.2, 0.25) is 0 Å². The maximum absolute atomic E-state index is 4.43. The van der Waals surface area contributed by atoms with E-state index in [2.05, 4.69) is 64.3 Å². The average molecular weight is 300 g/mol. The van der Waals surface area contributed by atoms with Crippen molar-refractivity contribution in [2.24, 2.45) is 0 Å². The van der Waals surface area contributed by atoms with E-state index < -0.39 is 0 Å². The summed E-state index contributed by atoms with van der Waals surface area (Å²) < 4.78 is 1.03. The molecule has 0 spiro atoms. The monoisotopic (exact) mass is 299 g/mol. The van der Waals surface area contributed by atoms with Crippen molar-refractivity contribution in [3.05, 3.63) is 28.5 Å². The van der Waals surface area contributed by atoms with E-state index >= 15 is 0 Å². The van der Waals surface area contributed by atoms with Crippen molar-refractivity contribution >= 4 is 15.9 Å². The first-order valence-corrected chi connectivity index (χ1v) is 6.89. The normalized spacial score (nSPS) is 13.0. The summed E-state index contributed by atoms with van der Waals surface area (Å²) in [7, 11) is 4.21. The minimum absolute atomic E-state index is 0.471. The molecule has 4 heteroatoms. The third kappa shape index (κ3) is 6.15. The maximum atomic E-state index is 4.43. The quantitative estimate of drug-likeness (QED) is 0.837. The zero-order valence-corrected chi connectivity index (χ0v) is 12.5. The predicted molar refractivity (Wildman–Crippen MR) is 76.3 cm³/mol. The molecule has 0 fully saturated rings. The van der Waals surface area contributed by atoms with Crippen molar-refractivity contribution in [1.29, 1.82) is 0 Å². The van der Waals surface area contributed by atoms with Gasteiger partial charge in [0.05, 0.1) is 0 Å². The van der Waals surface area contributed by atoms with Gasteiger partial charge in [-0.15, -0.1) is 0 Å². The van der Waals surface area contributed by atoms with Gasteiger partial charge in [0.1, 0.15) is 0 Å². The van der Waals surface area contributed by atoms with Crippen LogP contribution in [0.25, 0.3) is 0 Å². The van der Waals surface area contributed by atoms with Crippen LogP contribution in [0, 0.1) is 0 Å². The van der Waals surface area contributed by atoms with Gasteiger partial charge < -0.3 is 10.2 Å². The Bertz CT molecular complexity index is 311. The van der Waals surface area contributed by atoms with Crippen LogP contribution in [-0.2, 0) is 6.42 Å². The standard InChI is InChI=1S/C13H22BrN3/c1-4-7-15-13(10-17(2)3)8-12-6-5-11(14)9-16-12/h5-6,9,13,15H,4,7-8,10H2,1-3H3. The molecule has 0 bridgehead atoms. The molecule has 0 amide bonds. The topological polar surface area (TPSA) is 28.2 Å². The van der Waals surface area contributed by atoms with Crippen molar-refractivity contribution in [2.45, 2.75) is 25.8 Å². The Balaban J connectivity index is 2.54. The molecule has 0 saturated heterocycles. The van der Waals surface area contributed by atoms with Crippen LogP contribution in [0.5, 0.6) is 0 Å². The minimum Gasteiger partial charge on any atom is -0.312 e. The molecule has 0 aliphatic heterocycles. The summed E-state index contributed by atoms with van der Waals surface area (Å²) in [5.41, 5.74) is 1.14. The number of aromatic nitrogens is 1. The Hall–Kier alpha value is -0.450. The summed E-state index contributed by atoms with van der Waals surface area (Å²) in [5.74, 6) is 0. The number of nitrogens with zero attached hydrogens (tertiary/aromatic N) is 2. The van der Waals surface area contributed by atoms with Crippen LogP contribution in [0.15, 0.2) is 22.8 Å². The van der Waals surface area contributed by atoms with Gasteiger partial charge in [0.25, 0.3) is 0 Å². The third-order valence-electron chi connectivity index (χ3n) is 2.51. The summed E-state index contributed by atoms with van der Waals surface area (Å²) in [6.45, 7) is 4.30. The molecule has 1 aromatic heterocycles. The number of rotatable bonds is 7. The lowest BCUT2D eigenvalue weighted by Gasteiger charge is -2.22. The van der Waals surface area contributed by atoms with Crippen LogP contribution in [0.4, 0.5) is 0 Å². The second-order valence-electron chi connectivity index (χ2n) is 4.59. The van der Waals surface area contributed by atoms with Crippen LogP contribution in [0.2, 0.25) is 0 Å². The van der Waals surface area contributed by atoms with E-state index in [0.717, 1.165) is 36.1 Å². The number of nitrogens with one attached hydrogen (secondary N) is 1. The van der Waals surface area contributed by atoms with E-state index in [1.807, 2.05) is 6.20 Å². The summed E-state index contributed by atoms with van der Waals surface area (Å²) >= 11 is 3.41. The Morgan fingerprint density at radius 1 is 1.41 bits per heavy atom. The van der Waals surface area contributed by atoms with E-state index in [0.29, 0.717) is 6.04 Å². The average Bonchev–Trinajstić information content (AvgIpc) is 2.28. The molecule has 0 aromatic carbocycles. The van der Waals surface area contributed by atoms with E-state index in [1.54, 1.807) is 0 Å². The molecule has 1 rings (SSSR count). The lowest BCUT2D eigenvalue weighted by Crippen LogP contribution is -2.40. The van der Waals surface area contributed by atoms with Gasteiger partial charge in [-0.25, -0.2) is 0 Å². The number of likely N-dealkylation sites (N-methyl/N-ethyl adjacent to an activating group) is 1. The van der Waals surface area contributed by atoms with Crippen LogP contribution in [0.1, 0.15) is 19.0 Å². The van der Waals surface area contributed by atoms with E-state index in [9.17, 15) is 0 Å². The first-order valence-electron chi connectivity index (χ1n) is 6.10. The molecule has 1 aromatic rings. The first kappa shape index (κ1) is 14.6. The smallest absolute Gasteiger partial charge is 0.0420 e. The molecule has 1 atom stereocenters. The molecule has 0 aliphatic carbocycles. The molecular formula is C13H22BrN3. The van der Waals surface area contributed by atoms with Gasteiger partial charge in [0.15, 0.2) is 0 Å². The molecular weight excluding hydrogens is 278 g/mol. The van der Waals surface area contributed by atoms with Gasteiger partial charge in [-0.2, -0.15) is 0 Å². The van der Waals surface area contributed by atoms with E-state index in [1.165, 1.54) is 0 Å². The fraction of sp³-hybridized carbons (Fsp3) is 0.615. The molecule has 0 saturated carbocycles. The number of halogens is 1. The number of hydrogen-bond acceptors (Lipinski definition) is 3. The largest absolute Gasteiger partial charge is 0.312 e. The molecule has 96 valence electrons. The van der Waals surface area contributed by atoms with Crippen molar-refractivity contribution < 1.29 is 0 Å². The fourth-order valence-corrected chi connectivity index (χ4v) is 2.00. The molecule has 0 radical (unpaired) electrons. The maximum Gasteiger partial charge on any atom is 0.0420 e. The number of hydrogen-bond donors (Lipinski definition) is 1. The Morgan fingerprint density at radius 2 is 2.18 bits per heavy atom. The molecule has 3 nitrogen and oxygen atoms in total. The highest BCUT2D eigenvalue weighted by Crippen LogP contribution is 2.09. The van der Waals surface area contributed by atoms with Crippen molar-refractivity contribution in [1.82, 2.24) is 15.2 Å². The van der Waals surface area contributed by atoms with Crippen molar-refractivity contribution in [3.8, 4) is 0 Å². The Morgan fingerprint density at radius 3 is 2.71 bits per heavy atom. The molecule has 1 N–H and O–H groups in total. The van der Waals surface area contributed by atoms with E-state index in [4.69, 9.17) is 0 Å². The van der Waals surface area contributed by atoms with Crippen LogP contribution in [0.3, 0.4) is 0 Å². The van der Waals surface area contributed by atoms with Crippen LogP contribution in [-0.4, -0.2) is 43.1 Å². The predicted octanol–water partition coefficient (Wildman–Crippen LogP) is 2.32. The van der Waals surface area contributed by atoms with Crippen LogP contribution < -0.4 is 5.32 Å². The van der Waals surface area contributed by atoms with Crippen molar-refractivity contribution in [2.75, 3.05) is 27.2 Å². The van der Waals surface area contributed by atoms with Gasteiger partial charge in [-0.05, 0) is 55.1 Å². The van der Waals surface area contributed by atoms with Gasteiger partial charge >= 0.3 is 0 Å². The Labute approximate surface area is 113 Å². The van der Waals surface area contributed by atoms with Crippen molar-refractivity contribution in [3.63, 3.8) is 0 Å². The highest BCUT2D eigenvalue weighted by atomic mass is 79.9. The summed E-state index contributed by atoms with van der Waals surface area (Å²) in [4.78, 5) is 6.64. The summed E-state index contributed by atoms with van der Waals surface area (Å²) in [6, 6.07) is 4.61. The van der Waals surface area contributed by atoms with E-state index in [-0.39, 0.29) is 0 Å². The third-order valence-corrected chi connectivity index (χ3v) is 2.98. The second kappa shape index (κ2) is 7.80. The van der Waals surface area contributed by atoms with Gasteiger partial charge in [0, 0.05) is 35.4 Å². The molecule has 17 heavy (non-hydrogen) atoms. The zero-order valence-electron chi connectivity index (χ0n) is 10.9. The summed E-state index contributed by atoms with van der Waals surface area (Å²) in [5, 5.41) is 3.57. The first-order chi connectivity index (χ1) is 8.11. The zero-order chi connectivity index (χ0) is 12.7. The minimum atomic E-state index is 0.471.